The van der Waals surface area contributed by atoms with Crippen molar-refractivity contribution in [3.05, 3.63) is 0 Å². The first kappa shape index (κ1) is 16.2. The van der Waals surface area contributed by atoms with Gasteiger partial charge in [-0.05, 0) is 40.0 Å². The summed E-state index contributed by atoms with van der Waals surface area (Å²) in [5.41, 5.74) is -0.662. The minimum Gasteiger partial charge on any atom is -0.442 e. The zero-order chi connectivity index (χ0) is 14.5. The third kappa shape index (κ3) is 5.34. The molecule has 0 radical (unpaired) electrons. The van der Waals surface area contributed by atoms with E-state index in [0.29, 0.717) is 24.7 Å². The molecule has 1 rings (SSSR count). The number of nitrogens with zero attached hydrogens (tertiary/aromatic N) is 1. The molecule has 6 nitrogen and oxygen atoms in total. The van der Waals surface area contributed by atoms with Gasteiger partial charge in [-0.2, -0.15) is 5.06 Å². The second-order valence-electron chi connectivity index (χ2n) is 5.88. The van der Waals surface area contributed by atoms with Crippen molar-refractivity contribution in [2.24, 2.45) is 5.92 Å². The van der Waals surface area contributed by atoms with E-state index in [4.69, 9.17) is 14.6 Å². The fraction of sp³-hybridized carbons (Fsp3) is 0.923. The first-order valence-corrected chi connectivity index (χ1v) is 6.75. The lowest BCUT2D eigenvalue weighted by atomic mass is 9.91. The Bertz CT molecular complexity index is 283. The Morgan fingerprint density at radius 1 is 1.53 bits per heavy atom. The second kappa shape index (κ2) is 7.07. The van der Waals surface area contributed by atoms with E-state index < -0.39 is 17.7 Å². The van der Waals surface area contributed by atoms with Crippen LogP contribution in [-0.2, 0) is 9.47 Å². The largest absolute Gasteiger partial charge is 0.442 e. The molecule has 1 amide bonds. The molecule has 1 fully saturated rings. The van der Waals surface area contributed by atoms with E-state index in [1.165, 1.54) is 0 Å². The molecule has 0 saturated carbocycles. The van der Waals surface area contributed by atoms with Gasteiger partial charge in [0.1, 0.15) is 5.60 Å². The molecule has 2 unspecified atom stereocenters. The van der Waals surface area contributed by atoms with Crippen molar-refractivity contribution < 1.29 is 24.6 Å². The van der Waals surface area contributed by atoms with Crippen LogP contribution >= 0.6 is 0 Å². The van der Waals surface area contributed by atoms with Crippen molar-refractivity contribution in [2.75, 3.05) is 19.8 Å². The summed E-state index contributed by atoms with van der Waals surface area (Å²) < 4.78 is 10.5. The van der Waals surface area contributed by atoms with Gasteiger partial charge in [-0.1, -0.05) is 0 Å². The van der Waals surface area contributed by atoms with Gasteiger partial charge in [-0.15, -0.1) is 0 Å². The maximum atomic E-state index is 11.8. The number of rotatable bonds is 4. The molecule has 112 valence electrons. The molecule has 1 heterocycles. The molecule has 2 atom stereocenters. The highest BCUT2D eigenvalue weighted by molar-refractivity contribution is 5.67. The highest BCUT2D eigenvalue weighted by Crippen LogP contribution is 2.24. The van der Waals surface area contributed by atoms with Crippen molar-refractivity contribution >= 4 is 6.09 Å². The number of hydroxylamine groups is 2. The fourth-order valence-corrected chi connectivity index (χ4v) is 2.20. The van der Waals surface area contributed by atoms with Crippen LogP contribution in [0.25, 0.3) is 0 Å². The lowest BCUT2D eigenvalue weighted by Gasteiger charge is -2.35. The molecular weight excluding hydrogens is 250 g/mol. The summed E-state index contributed by atoms with van der Waals surface area (Å²) in [6.07, 6.45) is 1.29. The predicted molar refractivity (Wildman–Crippen MR) is 68.9 cm³/mol. The maximum Gasteiger partial charge on any atom is 0.434 e. The molecule has 0 aromatic heterocycles. The van der Waals surface area contributed by atoms with Gasteiger partial charge in [-0.25, -0.2) is 4.79 Å². The van der Waals surface area contributed by atoms with E-state index in [0.717, 1.165) is 12.8 Å². The Balaban J connectivity index is 2.65. The van der Waals surface area contributed by atoms with Gasteiger partial charge in [0.15, 0.2) is 0 Å². The normalized spacial score (nSPS) is 21.8. The van der Waals surface area contributed by atoms with Gasteiger partial charge >= 0.3 is 6.09 Å². The average Bonchev–Trinajstić information content (AvgIpc) is 2.34. The van der Waals surface area contributed by atoms with Gasteiger partial charge in [0, 0.05) is 19.1 Å². The number of hydrogen-bond donors (Lipinski definition) is 2. The number of carbonyl (C=O) groups excluding carboxylic acids is 1. The van der Waals surface area contributed by atoms with E-state index in [-0.39, 0.29) is 12.5 Å². The van der Waals surface area contributed by atoms with Crippen LogP contribution in [0.3, 0.4) is 0 Å². The maximum absolute atomic E-state index is 11.8. The highest BCUT2D eigenvalue weighted by Gasteiger charge is 2.33. The number of amides is 1. The SMILES string of the molecule is CC(C)(C)OC(=O)N(O)C(CCO)C1CCCOC1. The lowest BCUT2D eigenvalue weighted by molar-refractivity contribution is -0.146. The molecule has 19 heavy (non-hydrogen) atoms. The Morgan fingerprint density at radius 2 is 2.21 bits per heavy atom. The number of hydrogen-bond acceptors (Lipinski definition) is 5. The summed E-state index contributed by atoms with van der Waals surface area (Å²) >= 11 is 0. The van der Waals surface area contributed by atoms with Crippen LogP contribution in [0.4, 0.5) is 4.79 Å². The molecule has 6 heteroatoms. The molecule has 0 aliphatic carbocycles. The van der Waals surface area contributed by atoms with Crippen molar-refractivity contribution in [1.29, 1.82) is 0 Å². The Morgan fingerprint density at radius 3 is 2.68 bits per heavy atom. The number of carbonyl (C=O) groups is 1. The highest BCUT2D eigenvalue weighted by atomic mass is 16.6. The number of ether oxygens (including phenoxy) is 2. The van der Waals surface area contributed by atoms with Crippen LogP contribution in [0.2, 0.25) is 0 Å². The molecule has 1 aliphatic rings. The summed E-state index contributed by atoms with van der Waals surface area (Å²) in [7, 11) is 0. The second-order valence-corrected chi connectivity index (χ2v) is 5.88. The fourth-order valence-electron chi connectivity index (χ4n) is 2.20. The van der Waals surface area contributed by atoms with Gasteiger partial charge in [0.2, 0.25) is 0 Å². The zero-order valence-corrected chi connectivity index (χ0v) is 12.0. The quantitative estimate of drug-likeness (QED) is 0.604. The third-order valence-corrected chi connectivity index (χ3v) is 3.06. The molecule has 2 N–H and O–H groups in total. The lowest BCUT2D eigenvalue weighted by Crippen LogP contribution is -2.47. The zero-order valence-electron chi connectivity index (χ0n) is 12.0. The van der Waals surface area contributed by atoms with Crippen LogP contribution < -0.4 is 0 Å². The smallest absolute Gasteiger partial charge is 0.434 e. The molecule has 0 aromatic carbocycles. The first-order valence-electron chi connectivity index (χ1n) is 6.75. The summed E-state index contributed by atoms with van der Waals surface area (Å²) in [4.78, 5) is 11.8. The van der Waals surface area contributed by atoms with Crippen molar-refractivity contribution in [2.45, 2.75) is 51.7 Å². The van der Waals surface area contributed by atoms with E-state index >= 15 is 0 Å². The molecular formula is C13H25NO5. The van der Waals surface area contributed by atoms with Crippen LogP contribution in [0, 0.1) is 5.92 Å². The number of aliphatic hydroxyl groups is 1. The Hall–Kier alpha value is -0.850. The summed E-state index contributed by atoms with van der Waals surface area (Å²) in [5.74, 6) is 0.0263. The van der Waals surface area contributed by atoms with Crippen molar-refractivity contribution in [1.82, 2.24) is 5.06 Å². The minimum absolute atomic E-state index is 0.0263. The van der Waals surface area contributed by atoms with Gasteiger partial charge < -0.3 is 14.6 Å². The van der Waals surface area contributed by atoms with Crippen molar-refractivity contribution in [3.63, 3.8) is 0 Å². The topological polar surface area (TPSA) is 79.2 Å². The Labute approximate surface area is 114 Å². The molecule has 0 bridgehead atoms. The average molecular weight is 275 g/mol. The summed E-state index contributed by atoms with van der Waals surface area (Å²) in [6.45, 7) is 6.32. The van der Waals surface area contributed by atoms with Crippen molar-refractivity contribution in [3.8, 4) is 0 Å². The van der Waals surface area contributed by atoms with Crippen LogP contribution in [0.5, 0.6) is 0 Å². The van der Waals surface area contributed by atoms with E-state index in [2.05, 4.69) is 0 Å². The first-order chi connectivity index (χ1) is 8.85. The molecule has 0 spiro atoms. The van der Waals surface area contributed by atoms with Gasteiger partial charge in [0.25, 0.3) is 0 Å². The van der Waals surface area contributed by atoms with Gasteiger partial charge in [0.05, 0.1) is 12.6 Å². The van der Waals surface area contributed by atoms with E-state index in [9.17, 15) is 10.0 Å². The van der Waals surface area contributed by atoms with Crippen LogP contribution in [0.15, 0.2) is 0 Å². The molecule has 0 aromatic rings. The van der Waals surface area contributed by atoms with Gasteiger partial charge in [-0.3, -0.25) is 5.21 Å². The monoisotopic (exact) mass is 275 g/mol. The molecule has 1 saturated heterocycles. The standard InChI is InChI=1S/C13H25NO5/c1-13(2,3)19-12(16)14(17)11(6-7-15)10-5-4-8-18-9-10/h10-11,15,17H,4-9H2,1-3H3. The minimum atomic E-state index is -0.781. The Kier molecular flexibility index (Phi) is 6.03. The van der Waals surface area contributed by atoms with Crippen LogP contribution in [-0.4, -0.2) is 52.9 Å². The van der Waals surface area contributed by atoms with E-state index in [1.54, 1.807) is 20.8 Å². The summed E-state index contributed by atoms with van der Waals surface area (Å²) in [5, 5.41) is 19.7. The number of aliphatic hydroxyl groups excluding tert-OH is 1. The molecule has 1 aliphatic heterocycles. The third-order valence-electron chi connectivity index (χ3n) is 3.06. The predicted octanol–water partition coefficient (Wildman–Crippen LogP) is 1.79. The van der Waals surface area contributed by atoms with Crippen LogP contribution in [0.1, 0.15) is 40.0 Å². The summed E-state index contributed by atoms with van der Waals surface area (Å²) in [6, 6.07) is -0.472. The van der Waals surface area contributed by atoms with E-state index in [1.807, 2.05) is 0 Å².